The van der Waals surface area contributed by atoms with Gasteiger partial charge in [-0.25, -0.2) is 14.4 Å². The molecule has 2 aromatic carbocycles. The lowest BCUT2D eigenvalue weighted by molar-refractivity contribution is 0.117. The summed E-state index contributed by atoms with van der Waals surface area (Å²) in [7, 11) is 1.60. The lowest BCUT2D eigenvalue weighted by Crippen LogP contribution is -2.02. The molecule has 0 aliphatic heterocycles. The lowest BCUT2D eigenvalue weighted by Gasteiger charge is -2.17. The van der Waals surface area contributed by atoms with E-state index in [1.165, 1.54) is 12.1 Å². The second-order valence-electron chi connectivity index (χ2n) is 5.38. The van der Waals surface area contributed by atoms with Gasteiger partial charge in [0.25, 0.3) is 0 Å². The van der Waals surface area contributed by atoms with Crippen molar-refractivity contribution in [2.24, 2.45) is 0 Å². The van der Waals surface area contributed by atoms with Crippen LogP contribution in [0.2, 0.25) is 5.02 Å². The molecule has 0 aliphatic rings. The Hall–Kier alpha value is -2.24. The van der Waals surface area contributed by atoms with Gasteiger partial charge in [0.05, 0.1) is 22.2 Å². The monoisotopic (exact) mass is 346 g/mol. The fraction of sp³-hybridized carbons (Fsp3) is 0.222. The van der Waals surface area contributed by atoms with Crippen LogP contribution in [-0.4, -0.2) is 17.1 Å². The molecule has 124 valence electrons. The van der Waals surface area contributed by atoms with Crippen LogP contribution in [-0.2, 0) is 4.74 Å². The number of hydrogen-bond acceptors (Lipinski definition) is 4. The van der Waals surface area contributed by atoms with Gasteiger partial charge in [-0.05, 0) is 38.1 Å². The topological polar surface area (TPSA) is 44.2 Å². The number of nitrogens with zero attached hydrogens (tertiary/aromatic N) is 2. The predicted molar refractivity (Wildman–Crippen MR) is 91.2 cm³/mol. The Labute approximate surface area is 144 Å². The molecule has 24 heavy (non-hydrogen) atoms. The Balaban J connectivity index is 2.06. The fourth-order valence-corrected chi connectivity index (χ4v) is 2.74. The third-order valence-corrected chi connectivity index (χ3v) is 4.07. The average Bonchev–Trinajstić information content (AvgIpc) is 2.55. The Morgan fingerprint density at radius 2 is 1.92 bits per heavy atom. The van der Waals surface area contributed by atoms with E-state index < -0.39 is 0 Å². The molecule has 1 heterocycles. The van der Waals surface area contributed by atoms with Gasteiger partial charge in [0.2, 0.25) is 5.88 Å². The first-order valence-electron chi connectivity index (χ1n) is 7.42. The van der Waals surface area contributed by atoms with E-state index in [1.807, 2.05) is 6.92 Å². The van der Waals surface area contributed by atoms with Gasteiger partial charge in [-0.1, -0.05) is 17.7 Å². The van der Waals surface area contributed by atoms with E-state index in [-0.39, 0.29) is 11.9 Å². The Bertz CT molecular complexity index is 902. The summed E-state index contributed by atoms with van der Waals surface area (Å²) in [5.41, 5.74) is 2.34. The van der Waals surface area contributed by atoms with E-state index >= 15 is 0 Å². The average molecular weight is 347 g/mol. The van der Waals surface area contributed by atoms with Crippen molar-refractivity contribution in [1.82, 2.24) is 9.97 Å². The number of methoxy groups -OCH3 is 1. The highest BCUT2D eigenvalue weighted by molar-refractivity contribution is 6.31. The van der Waals surface area contributed by atoms with Crippen LogP contribution < -0.4 is 4.74 Å². The number of aryl methyl sites for hydroxylation is 1. The number of halogens is 2. The Kier molecular flexibility index (Phi) is 4.64. The van der Waals surface area contributed by atoms with E-state index in [0.717, 1.165) is 5.56 Å². The van der Waals surface area contributed by atoms with Crippen LogP contribution in [0.1, 0.15) is 24.3 Å². The molecule has 0 spiro atoms. The zero-order chi connectivity index (χ0) is 17.3. The first kappa shape index (κ1) is 16.6. The quantitative estimate of drug-likeness (QED) is 0.648. The van der Waals surface area contributed by atoms with E-state index in [0.29, 0.717) is 33.4 Å². The van der Waals surface area contributed by atoms with Gasteiger partial charge in [0, 0.05) is 18.7 Å². The molecule has 0 amide bonds. The highest BCUT2D eigenvalue weighted by Gasteiger charge is 2.17. The molecule has 0 aliphatic carbocycles. The van der Waals surface area contributed by atoms with E-state index in [9.17, 15) is 4.39 Å². The van der Waals surface area contributed by atoms with Crippen molar-refractivity contribution in [2.75, 3.05) is 7.11 Å². The van der Waals surface area contributed by atoms with Crippen molar-refractivity contribution in [3.05, 3.63) is 58.5 Å². The third kappa shape index (κ3) is 3.18. The van der Waals surface area contributed by atoms with E-state index in [4.69, 9.17) is 21.1 Å². The summed E-state index contributed by atoms with van der Waals surface area (Å²) >= 11 is 6.28. The highest BCUT2D eigenvalue weighted by Crippen LogP contribution is 2.36. The molecule has 3 rings (SSSR count). The first-order chi connectivity index (χ1) is 11.5. The summed E-state index contributed by atoms with van der Waals surface area (Å²) in [4.78, 5) is 8.79. The molecule has 0 saturated heterocycles. The minimum absolute atomic E-state index is 0.239. The largest absolute Gasteiger partial charge is 0.437 e. The van der Waals surface area contributed by atoms with E-state index in [2.05, 4.69) is 9.97 Å². The van der Waals surface area contributed by atoms with Gasteiger partial charge in [0.1, 0.15) is 17.3 Å². The van der Waals surface area contributed by atoms with Crippen LogP contribution >= 0.6 is 11.6 Å². The molecule has 1 unspecified atom stereocenters. The molecule has 0 fully saturated rings. The van der Waals surface area contributed by atoms with Crippen molar-refractivity contribution in [1.29, 1.82) is 0 Å². The summed E-state index contributed by atoms with van der Waals surface area (Å²) in [6.07, 6.45) is -0.239. The molecule has 0 N–H and O–H groups in total. The Morgan fingerprint density at radius 1 is 1.12 bits per heavy atom. The second-order valence-corrected chi connectivity index (χ2v) is 5.79. The summed E-state index contributed by atoms with van der Waals surface area (Å²) in [6, 6.07) is 9.63. The maximum Gasteiger partial charge on any atom is 0.241 e. The molecule has 6 heteroatoms. The van der Waals surface area contributed by atoms with Crippen LogP contribution in [0.5, 0.6) is 11.6 Å². The van der Waals surface area contributed by atoms with Crippen molar-refractivity contribution in [2.45, 2.75) is 20.0 Å². The van der Waals surface area contributed by atoms with Gasteiger partial charge in [0.15, 0.2) is 0 Å². The smallest absolute Gasteiger partial charge is 0.241 e. The van der Waals surface area contributed by atoms with Crippen molar-refractivity contribution in [3.8, 4) is 11.6 Å². The maximum atomic E-state index is 13.3. The molecule has 0 radical (unpaired) electrons. The number of hydrogen-bond donors (Lipinski definition) is 0. The number of ether oxygens (including phenoxy) is 2. The number of benzene rings is 2. The molecule has 0 bridgehead atoms. The van der Waals surface area contributed by atoms with Gasteiger partial charge >= 0.3 is 0 Å². The zero-order valence-electron chi connectivity index (χ0n) is 13.5. The van der Waals surface area contributed by atoms with Crippen LogP contribution in [0.25, 0.3) is 11.0 Å². The van der Waals surface area contributed by atoms with Crippen molar-refractivity contribution < 1.29 is 13.9 Å². The maximum absolute atomic E-state index is 13.3. The molecule has 4 nitrogen and oxygen atoms in total. The van der Waals surface area contributed by atoms with Gasteiger partial charge < -0.3 is 9.47 Å². The summed E-state index contributed by atoms with van der Waals surface area (Å²) in [5.74, 6) is 0.549. The Morgan fingerprint density at radius 3 is 2.67 bits per heavy atom. The van der Waals surface area contributed by atoms with E-state index in [1.54, 1.807) is 38.3 Å². The normalized spacial score (nSPS) is 12.4. The lowest BCUT2D eigenvalue weighted by atomic mass is 10.1. The molecule has 1 atom stereocenters. The van der Waals surface area contributed by atoms with Crippen LogP contribution in [0.3, 0.4) is 0 Å². The zero-order valence-corrected chi connectivity index (χ0v) is 14.3. The summed E-state index contributed by atoms with van der Waals surface area (Å²) in [6.45, 7) is 3.65. The van der Waals surface area contributed by atoms with Crippen LogP contribution in [0, 0.1) is 12.7 Å². The highest BCUT2D eigenvalue weighted by atomic mass is 35.5. The van der Waals surface area contributed by atoms with Gasteiger partial charge in [-0.2, -0.15) is 0 Å². The number of fused-ring (bicyclic) bond motifs is 1. The first-order valence-corrected chi connectivity index (χ1v) is 7.80. The van der Waals surface area contributed by atoms with Crippen molar-refractivity contribution >= 4 is 22.6 Å². The van der Waals surface area contributed by atoms with Gasteiger partial charge in [-0.3, -0.25) is 0 Å². The predicted octanol–water partition coefficient (Wildman–Crippen LogP) is 5.23. The van der Waals surface area contributed by atoms with Crippen molar-refractivity contribution in [3.63, 3.8) is 0 Å². The fourth-order valence-electron chi connectivity index (χ4n) is 2.42. The molecule has 3 aromatic rings. The molecule has 0 saturated carbocycles. The van der Waals surface area contributed by atoms with Crippen LogP contribution in [0.4, 0.5) is 4.39 Å². The molecular formula is C18H16ClFN2O2. The molecule has 1 aromatic heterocycles. The minimum Gasteiger partial charge on any atom is -0.437 e. The standard InChI is InChI=1S/C18H16ClFN2O2/c1-10-18(22-14-8-7-12(20)9-15(14)21-10)24-16-6-4-5-13(19)17(16)11(2)23-3/h4-9,11H,1-3H3. The van der Waals surface area contributed by atoms with Gasteiger partial charge in [-0.15, -0.1) is 0 Å². The summed E-state index contributed by atoms with van der Waals surface area (Å²) < 4.78 is 24.6. The molecular weight excluding hydrogens is 331 g/mol. The SMILES string of the molecule is COC(C)c1c(Cl)cccc1Oc1nc2ccc(F)cc2nc1C. The summed E-state index contributed by atoms with van der Waals surface area (Å²) in [5, 5.41) is 0.551. The minimum atomic E-state index is -0.351. The number of aromatic nitrogens is 2. The second kappa shape index (κ2) is 6.71. The number of rotatable bonds is 4. The van der Waals surface area contributed by atoms with Crippen LogP contribution in [0.15, 0.2) is 36.4 Å². The third-order valence-electron chi connectivity index (χ3n) is 3.74.